The van der Waals surface area contributed by atoms with Crippen molar-refractivity contribution in [1.82, 2.24) is 14.9 Å². The first-order valence-corrected chi connectivity index (χ1v) is 18.4. The highest BCUT2D eigenvalue weighted by molar-refractivity contribution is 7.44. The van der Waals surface area contributed by atoms with Gasteiger partial charge in [0.2, 0.25) is 12.5 Å². The van der Waals surface area contributed by atoms with E-state index in [1.165, 1.54) is 0 Å². The Morgan fingerprint density at radius 3 is 2.14 bits per heavy atom. The van der Waals surface area contributed by atoms with Crippen molar-refractivity contribution < 1.29 is 20.0 Å². The Morgan fingerprint density at radius 2 is 1.59 bits per heavy atom. The van der Waals surface area contributed by atoms with Crippen LogP contribution in [0.2, 0.25) is 0 Å². The second kappa shape index (κ2) is 20.3. The van der Waals surface area contributed by atoms with Gasteiger partial charge in [-0.3, -0.25) is 9.59 Å². The highest BCUT2D eigenvalue weighted by Crippen LogP contribution is 2.48. The summed E-state index contributed by atoms with van der Waals surface area (Å²) < 4.78 is 23.0. The summed E-state index contributed by atoms with van der Waals surface area (Å²) in [4.78, 5) is 32.9. The summed E-state index contributed by atoms with van der Waals surface area (Å²) in [7, 11) is 2.62. The van der Waals surface area contributed by atoms with Gasteiger partial charge in [-0.05, 0) is 107 Å². The molecule has 1 N–H and O–H groups in total. The molecule has 2 aromatic rings. The van der Waals surface area contributed by atoms with Gasteiger partial charge in [0.15, 0.2) is 0 Å². The summed E-state index contributed by atoms with van der Waals surface area (Å²) >= 11 is 0. The molecular weight excluding hydrogens is 637 g/mol. The van der Waals surface area contributed by atoms with E-state index < -0.39 is 8.53 Å². The van der Waals surface area contributed by atoms with Crippen LogP contribution in [0.25, 0.3) is 4.85 Å². The number of hydrogen-bond donors (Lipinski definition) is 1. The molecule has 0 spiro atoms. The summed E-state index contributed by atoms with van der Waals surface area (Å²) in [6, 6.07) is 15.3. The Hall–Kier alpha value is -3.42. The fraction of sp³-hybridized carbons (Fsp3) is 0.595. The van der Waals surface area contributed by atoms with Crippen LogP contribution in [0, 0.1) is 12.0 Å². The van der Waals surface area contributed by atoms with Crippen molar-refractivity contribution in [3.8, 4) is 0 Å². The molecule has 12 heteroatoms. The van der Waals surface area contributed by atoms with Gasteiger partial charge in [-0.1, -0.05) is 13.3 Å². The molecule has 2 aromatic carbocycles. The fourth-order valence-corrected chi connectivity index (χ4v) is 7.25. The monoisotopic (exact) mass is 694 g/mol. The van der Waals surface area contributed by atoms with Crippen molar-refractivity contribution in [1.29, 1.82) is 0 Å². The SMILES string of the molecule is [2H]CC1(COP(OCC[N+]#[C-])N(C(C)C)C(C)C)CCN(C(=O)CCCCCNC(=O)c2ccc(N=Nc3ccc(N(C)C)cc3)cc2)CC1. The van der Waals surface area contributed by atoms with E-state index in [4.69, 9.17) is 17.0 Å². The molecule has 11 nitrogen and oxygen atoms in total. The maximum absolute atomic E-state index is 13.0. The van der Waals surface area contributed by atoms with E-state index in [1.807, 2.05) is 48.2 Å². The molecule has 0 aliphatic carbocycles. The first-order chi connectivity index (χ1) is 24.0. The van der Waals surface area contributed by atoms with Crippen molar-refractivity contribution in [3.63, 3.8) is 0 Å². The van der Waals surface area contributed by atoms with Gasteiger partial charge in [-0.2, -0.15) is 10.2 Å². The maximum Gasteiger partial charge on any atom is 0.259 e. The molecule has 0 bridgehead atoms. The summed E-state index contributed by atoms with van der Waals surface area (Å²) in [6.07, 6.45) is 4.32. The van der Waals surface area contributed by atoms with Crippen molar-refractivity contribution in [2.75, 3.05) is 58.4 Å². The number of likely N-dealkylation sites (tertiary alicyclic amines) is 1. The van der Waals surface area contributed by atoms with Crippen molar-refractivity contribution in [3.05, 3.63) is 65.5 Å². The lowest BCUT2D eigenvalue weighted by Crippen LogP contribution is -2.44. The number of nitrogens with zero attached hydrogens (tertiary/aromatic N) is 6. The molecule has 1 unspecified atom stereocenters. The summed E-state index contributed by atoms with van der Waals surface area (Å²) in [5, 5.41) is 11.5. The molecule has 1 saturated heterocycles. The number of hydrogen-bond acceptors (Lipinski definition) is 8. The highest BCUT2D eigenvalue weighted by atomic mass is 31.2. The number of amides is 2. The summed E-state index contributed by atoms with van der Waals surface area (Å²) in [6.45, 7) is 18.6. The number of carbonyl (C=O) groups excluding carboxylic acids is 2. The van der Waals surface area contributed by atoms with Crippen LogP contribution in [-0.4, -0.2) is 87.0 Å². The minimum absolute atomic E-state index is 0.136. The molecular formula is C37H56N7O4P. The van der Waals surface area contributed by atoms with Gasteiger partial charge in [-0.15, -0.1) is 0 Å². The first-order valence-electron chi connectivity index (χ1n) is 18.0. The average Bonchev–Trinajstić information content (AvgIpc) is 3.11. The van der Waals surface area contributed by atoms with E-state index in [-0.39, 0.29) is 36.2 Å². The number of benzene rings is 2. The molecule has 1 aliphatic rings. The fourth-order valence-electron chi connectivity index (χ4n) is 5.53. The molecule has 0 saturated carbocycles. The number of azo groups is 1. The molecule has 268 valence electrons. The predicted octanol–water partition coefficient (Wildman–Crippen LogP) is 8.39. The van der Waals surface area contributed by atoms with Crippen LogP contribution in [0.3, 0.4) is 0 Å². The molecule has 2 amide bonds. The van der Waals surface area contributed by atoms with Crippen LogP contribution in [0.5, 0.6) is 0 Å². The van der Waals surface area contributed by atoms with Gasteiger partial charge < -0.3 is 29.0 Å². The molecule has 3 rings (SSSR count). The smallest absolute Gasteiger partial charge is 0.259 e. The molecule has 1 aliphatic heterocycles. The predicted molar refractivity (Wildman–Crippen MR) is 199 cm³/mol. The second-order valence-corrected chi connectivity index (χ2v) is 14.9. The summed E-state index contributed by atoms with van der Waals surface area (Å²) in [5.41, 5.74) is 2.77. The minimum Gasteiger partial charge on any atom is -0.378 e. The zero-order valence-corrected chi connectivity index (χ0v) is 31.1. The number of rotatable bonds is 19. The normalized spacial score (nSPS) is 15.4. The van der Waals surface area contributed by atoms with E-state index in [0.29, 0.717) is 57.1 Å². The molecule has 1 atom stereocenters. The third kappa shape index (κ3) is 13.4. The molecule has 49 heavy (non-hydrogen) atoms. The van der Waals surface area contributed by atoms with Gasteiger partial charge in [-0.25, -0.2) is 11.2 Å². The lowest BCUT2D eigenvalue weighted by atomic mass is 9.81. The van der Waals surface area contributed by atoms with Crippen molar-refractivity contribution in [2.45, 2.75) is 85.2 Å². The Kier molecular flexibility index (Phi) is 15.9. The van der Waals surface area contributed by atoms with Gasteiger partial charge in [0.1, 0.15) is 6.61 Å². The first kappa shape index (κ1) is 38.4. The van der Waals surface area contributed by atoms with Crippen molar-refractivity contribution in [2.24, 2.45) is 15.6 Å². The quantitative estimate of drug-likeness (QED) is 0.0686. The topological polar surface area (TPSA) is 103 Å². The van der Waals surface area contributed by atoms with Gasteiger partial charge >= 0.3 is 0 Å². The standard InChI is InChI=1S/C37H56N7O4P/c1-29(2)44(30(3)4)49(47-27-24-38-6)48-28-37(5)21-25-43(26-22-37)35(45)12-10-9-11-23-39-36(46)31-13-15-32(16-14-31)40-41-33-17-19-34(20-18-33)42(7)8/h13-20,29-30H,9-12,21-28H2,1-5,7-8H3,(H,39,46)/i5D. The van der Waals surface area contributed by atoms with E-state index in [0.717, 1.165) is 43.5 Å². The minimum atomic E-state index is -1.35. The lowest BCUT2D eigenvalue weighted by Gasteiger charge is -2.41. The third-order valence-corrected chi connectivity index (χ3v) is 10.5. The van der Waals surface area contributed by atoms with E-state index >= 15 is 0 Å². The number of anilines is 1. The van der Waals surface area contributed by atoms with Crippen LogP contribution in [0.1, 0.15) is 84.8 Å². The Morgan fingerprint density at radius 1 is 0.980 bits per heavy atom. The van der Waals surface area contributed by atoms with E-state index in [2.05, 4.69) is 52.8 Å². The third-order valence-electron chi connectivity index (χ3n) is 8.44. The number of nitrogens with one attached hydrogen (secondary N) is 1. The zero-order valence-electron chi connectivity index (χ0n) is 31.2. The summed E-state index contributed by atoms with van der Waals surface area (Å²) in [5.74, 6) is 0.00880. The van der Waals surface area contributed by atoms with Crippen LogP contribution in [0.4, 0.5) is 17.1 Å². The number of carbonyl (C=O) groups is 2. The van der Waals surface area contributed by atoms with Crippen LogP contribution >= 0.6 is 8.53 Å². The Balaban J connectivity index is 1.35. The molecule has 1 heterocycles. The maximum atomic E-state index is 13.0. The molecule has 0 aromatic heterocycles. The zero-order chi connectivity index (χ0) is 36.5. The Bertz CT molecular complexity index is 1380. The number of unbranched alkanes of at least 4 members (excludes halogenated alkanes) is 2. The number of piperidine rings is 1. The van der Waals surface area contributed by atoms with E-state index in [1.54, 1.807) is 24.3 Å². The average molecular weight is 695 g/mol. The van der Waals surface area contributed by atoms with E-state index in [9.17, 15) is 9.59 Å². The largest absolute Gasteiger partial charge is 0.378 e. The lowest BCUT2D eigenvalue weighted by molar-refractivity contribution is -0.133. The molecule has 1 fully saturated rings. The highest BCUT2D eigenvalue weighted by Gasteiger charge is 2.35. The van der Waals surface area contributed by atoms with Crippen LogP contribution < -0.4 is 10.2 Å². The van der Waals surface area contributed by atoms with Gasteiger partial charge in [0.25, 0.3) is 14.4 Å². The second-order valence-electron chi connectivity index (χ2n) is 13.4. The van der Waals surface area contributed by atoms with Crippen molar-refractivity contribution >= 4 is 37.4 Å². The van der Waals surface area contributed by atoms with Gasteiger partial charge in [0.05, 0.1) is 18.0 Å². The molecule has 0 radical (unpaired) electrons. The van der Waals surface area contributed by atoms with Gasteiger partial charge in [0, 0.05) is 64.9 Å². The Labute approximate surface area is 296 Å². The van der Waals surface area contributed by atoms with Crippen LogP contribution in [-0.2, 0) is 13.8 Å². The van der Waals surface area contributed by atoms with Crippen LogP contribution in [0.15, 0.2) is 58.8 Å².